The summed E-state index contributed by atoms with van der Waals surface area (Å²) in [6.45, 7) is 2.25. The number of nitrogens with one attached hydrogen (secondary N) is 1. The van der Waals surface area contributed by atoms with E-state index in [-0.39, 0.29) is 0 Å². The first-order valence-electron chi connectivity index (χ1n) is 14.1. The third kappa shape index (κ3) is 3.68. The van der Waals surface area contributed by atoms with Crippen molar-refractivity contribution in [2.24, 2.45) is 5.92 Å². The van der Waals surface area contributed by atoms with Crippen LogP contribution in [0.4, 0.5) is 11.4 Å². The molecule has 2 bridgehead atoms. The van der Waals surface area contributed by atoms with Crippen LogP contribution in [0, 0.1) is 12.8 Å². The highest BCUT2D eigenvalue weighted by Gasteiger charge is 2.24. The number of rotatable bonds is 3. The summed E-state index contributed by atoms with van der Waals surface area (Å²) < 4.78 is 6.45. The van der Waals surface area contributed by atoms with Crippen molar-refractivity contribution >= 4 is 33.3 Å². The van der Waals surface area contributed by atoms with E-state index in [2.05, 4.69) is 91.1 Å². The summed E-state index contributed by atoms with van der Waals surface area (Å²) in [6.07, 6.45) is 8.60. The van der Waals surface area contributed by atoms with E-state index in [1.165, 1.54) is 64.5 Å². The van der Waals surface area contributed by atoms with Gasteiger partial charge in [-0.25, -0.2) is 0 Å². The predicted octanol–water partition coefficient (Wildman–Crippen LogP) is 10.1. The van der Waals surface area contributed by atoms with E-state index in [0.29, 0.717) is 0 Å². The minimum Gasteiger partial charge on any atom is -0.456 e. The number of hydrogen-bond donors (Lipinski definition) is 1. The molecule has 0 amide bonds. The maximum absolute atomic E-state index is 6.45. The normalized spacial score (nSPS) is 14.6. The predicted molar refractivity (Wildman–Crippen MR) is 162 cm³/mol. The Morgan fingerprint density at radius 2 is 1.62 bits per heavy atom. The standard InChI is InChI=1S/C36H30N2O/c1-22-28-21-34-36(27-11-5-7-13-33(27)39-34)35(22)26-10-4-6-12-30(26)38-31-15-14-25(20-29(28)31)32-19-24(16-17-37-32)18-23-8-2-3-9-23/h4-7,10-17,19-21,23,38H,2-3,8-9,18H2,1H3. The van der Waals surface area contributed by atoms with Crippen molar-refractivity contribution in [2.45, 2.75) is 39.0 Å². The lowest BCUT2D eigenvalue weighted by Crippen LogP contribution is -2.02. The molecule has 2 aromatic heterocycles. The lowest BCUT2D eigenvalue weighted by atomic mass is 9.85. The molecule has 2 aliphatic rings. The summed E-state index contributed by atoms with van der Waals surface area (Å²) >= 11 is 0. The number of benzene rings is 4. The molecule has 0 atom stereocenters. The van der Waals surface area contributed by atoms with Crippen molar-refractivity contribution in [1.29, 1.82) is 0 Å². The summed E-state index contributed by atoms with van der Waals surface area (Å²) in [7, 11) is 0. The van der Waals surface area contributed by atoms with Crippen LogP contribution in [0.5, 0.6) is 0 Å². The fourth-order valence-corrected chi connectivity index (χ4v) is 6.90. The number of nitrogens with zero attached hydrogens (tertiary/aromatic N) is 1. The van der Waals surface area contributed by atoms with Crippen LogP contribution in [-0.2, 0) is 6.42 Å². The largest absolute Gasteiger partial charge is 0.456 e. The van der Waals surface area contributed by atoms with E-state index in [1.54, 1.807) is 0 Å². The average Bonchev–Trinajstić information content (AvgIpc) is 3.61. The molecule has 0 saturated heterocycles. The zero-order valence-electron chi connectivity index (χ0n) is 22.1. The maximum atomic E-state index is 6.45. The van der Waals surface area contributed by atoms with Crippen molar-refractivity contribution in [3.63, 3.8) is 0 Å². The van der Waals surface area contributed by atoms with Crippen LogP contribution >= 0.6 is 0 Å². The third-order valence-corrected chi connectivity index (χ3v) is 8.82. The second-order valence-electron chi connectivity index (χ2n) is 11.2. The number of fused-ring (bicyclic) bond motifs is 10. The molecule has 190 valence electrons. The van der Waals surface area contributed by atoms with Crippen LogP contribution in [-0.4, -0.2) is 4.98 Å². The average molecular weight is 507 g/mol. The number of hydrogen-bond acceptors (Lipinski definition) is 3. The van der Waals surface area contributed by atoms with E-state index < -0.39 is 0 Å². The van der Waals surface area contributed by atoms with Gasteiger partial charge in [0, 0.05) is 45.0 Å². The molecule has 0 unspecified atom stereocenters. The minimum absolute atomic E-state index is 0.817. The summed E-state index contributed by atoms with van der Waals surface area (Å²) in [6, 6.07) is 30.4. The van der Waals surface area contributed by atoms with Crippen molar-refractivity contribution in [3.8, 4) is 33.5 Å². The van der Waals surface area contributed by atoms with E-state index in [9.17, 15) is 0 Å². The molecule has 3 heteroatoms. The molecule has 1 aliphatic heterocycles. The number of pyridine rings is 1. The van der Waals surface area contributed by atoms with E-state index in [1.807, 2.05) is 12.3 Å². The van der Waals surface area contributed by atoms with Gasteiger partial charge in [0.1, 0.15) is 11.2 Å². The number of furan rings is 1. The van der Waals surface area contributed by atoms with Crippen LogP contribution in [0.1, 0.15) is 36.8 Å². The van der Waals surface area contributed by atoms with Gasteiger partial charge in [-0.3, -0.25) is 4.98 Å². The van der Waals surface area contributed by atoms with Crippen LogP contribution in [0.3, 0.4) is 0 Å². The van der Waals surface area contributed by atoms with Crippen molar-refractivity contribution < 1.29 is 4.42 Å². The highest BCUT2D eigenvalue weighted by molar-refractivity contribution is 6.17. The Labute approximate surface area is 228 Å². The molecular weight excluding hydrogens is 476 g/mol. The number of para-hydroxylation sites is 2. The Bertz CT molecular complexity index is 1890. The first-order chi connectivity index (χ1) is 19.2. The van der Waals surface area contributed by atoms with Gasteiger partial charge in [-0.2, -0.15) is 0 Å². The van der Waals surface area contributed by atoms with E-state index in [4.69, 9.17) is 9.40 Å². The summed E-state index contributed by atoms with van der Waals surface area (Å²) in [5.74, 6) is 0.817. The van der Waals surface area contributed by atoms with Gasteiger partial charge >= 0.3 is 0 Å². The Balaban J connectivity index is 1.34. The highest BCUT2D eigenvalue weighted by Crippen LogP contribution is 2.49. The van der Waals surface area contributed by atoms with Gasteiger partial charge < -0.3 is 9.73 Å². The maximum Gasteiger partial charge on any atom is 0.136 e. The Morgan fingerprint density at radius 1 is 0.795 bits per heavy atom. The molecule has 0 radical (unpaired) electrons. The molecule has 0 spiro atoms. The second-order valence-corrected chi connectivity index (χ2v) is 11.2. The van der Waals surface area contributed by atoms with Crippen LogP contribution in [0.2, 0.25) is 0 Å². The molecule has 1 fully saturated rings. The molecule has 39 heavy (non-hydrogen) atoms. The van der Waals surface area contributed by atoms with Crippen LogP contribution < -0.4 is 5.32 Å². The zero-order chi connectivity index (χ0) is 25.9. The minimum atomic E-state index is 0.817. The van der Waals surface area contributed by atoms with Gasteiger partial charge in [-0.1, -0.05) is 68.1 Å². The lowest BCUT2D eigenvalue weighted by molar-refractivity contribution is 0.546. The zero-order valence-corrected chi connectivity index (χ0v) is 22.1. The quantitative estimate of drug-likeness (QED) is 0.259. The van der Waals surface area contributed by atoms with E-state index in [0.717, 1.165) is 51.5 Å². The second kappa shape index (κ2) is 8.84. The molecule has 8 rings (SSSR count). The molecule has 4 aromatic carbocycles. The molecule has 1 N–H and O–H groups in total. The van der Waals surface area contributed by atoms with Gasteiger partial charge in [0.25, 0.3) is 0 Å². The number of aromatic nitrogens is 1. The molecular formula is C36H30N2O. The molecule has 6 aromatic rings. The number of anilines is 2. The topological polar surface area (TPSA) is 38.1 Å². The Hall–Kier alpha value is -4.37. The van der Waals surface area contributed by atoms with Gasteiger partial charge in [0.2, 0.25) is 0 Å². The van der Waals surface area contributed by atoms with Gasteiger partial charge in [-0.15, -0.1) is 0 Å². The first-order valence-corrected chi connectivity index (χ1v) is 14.1. The van der Waals surface area contributed by atoms with Gasteiger partial charge in [0.15, 0.2) is 0 Å². The molecule has 1 aliphatic carbocycles. The van der Waals surface area contributed by atoms with Crippen molar-refractivity contribution in [3.05, 3.63) is 102 Å². The summed E-state index contributed by atoms with van der Waals surface area (Å²) in [5, 5.41) is 6.12. The fourth-order valence-electron chi connectivity index (χ4n) is 6.90. The Kier molecular flexibility index (Phi) is 5.12. The van der Waals surface area contributed by atoms with Gasteiger partial charge in [-0.05, 0) is 84.0 Å². The molecule has 1 saturated carbocycles. The van der Waals surface area contributed by atoms with Crippen molar-refractivity contribution in [2.75, 3.05) is 5.32 Å². The molecule has 3 nitrogen and oxygen atoms in total. The van der Waals surface area contributed by atoms with Crippen LogP contribution in [0.25, 0.3) is 55.4 Å². The third-order valence-electron chi connectivity index (χ3n) is 8.82. The highest BCUT2D eigenvalue weighted by atomic mass is 16.3. The molecule has 3 heterocycles. The SMILES string of the molecule is Cc1c2cc3oc4ccccc4c3c1-c1ccccc1Nc1ccc(-c3cc(CC4CCCC4)ccn3)cc1-2. The lowest BCUT2D eigenvalue weighted by Gasteiger charge is -2.24. The summed E-state index contributed by atoms with van der Waals surface area (Å²) in [5.41, 5.74) is 13.7. The van der Waals surface area contributed by atoms with Crippen LogP contribution in [0.15, 0.2) is 95.5 Å². The van der Waals surface area contributed by atoms with Crippen molar-refractivity contribution in [1.82, 2.24) is 4.98 Å². The first kappa shape index (κ1) is 22.6. The van der Waals surface area contributed by atoms with E-state index >= 15 is 0 Å². The Morgan fingerprint density at radius 3 is 2.54 bits per heavy atom. The summed E-state index contributed by atoms with van der Waals surface area (Å²) in [4.78, 5) is 4.80. The fraction of sp³-hybridized carbons (Fsp3) is 0.194. The van der Waals surface area contributed by atoms with Gasteiger partial charge in [0.05, 0.1) is 5.69 Å². The monoisotopic (exact) mass is 506 g/mol. The smallest absolute Gasteiger partial charge is 0.136 e.